The second-order valence-corrected chi connectivity index (χ2v) is 6.29. The molecule has 1 amide bonds. The van der Waals surface area contributed by atoms with E-state index in [0.29, 0.717) is 16.3 Å². The first-order valence-corrected chi connectivity index (χ1v) is 8.46. The van der Waals surface area contributed by atoms with E-state index in [1.165, 1.54) is 11.3 Å². The molecular weight excluding hydrogens is 332 g/mol. The summed E-state index contributed by atoms with van der Waals surface area (Å²) in [6.45, 7) is 0. The van der Waals surface area contributed by atoms with Gasteiger partial charge in [0, 0.05) is 33.6 Å². The smallest absolute Gasteiger partial charge is 0.257 e. The van der Waals surface area contributed by atoms with Crippen molar-refractivity contribution in [1.82, 2.24) is 9.97 Å². The van der Waals surface area contributed by atoms with Crippen LogP contribution >= 0.6 is 11.3 Å². The van der Waals surface area contributed by atoms with Gasteiger partial charge in [0.15, 0.2) is 5.13 Å². The monoisotopic (exact) mass is 344 g/mol. The number of aromatic amines is 1. The van der Waals surface area contributed by atoms with Crippen molar-refractivity contribution in [3.8, 4) is 17.3 Å². The van der Waals surface area contributed by atoms with Crippen LogP contribution in [0.2, 0.25) is 0 Å². The summed E-state index contributed by atoms with van der Waals surface area (Å²) in [6, 6.07) is 16.6. The van der Waals surface area contributed by atoms with Gasteiger partial charge in [0.1, 0.15) is 0 Å². The number of nitrogens with zero attached hydrogens (tertiary/aromatic N) is 2. The van der Waals surface area contributed by atoms with Crippen LogP contribution in [0.15, 0.2) is 60.1 Å². The minimum absolute atomic E-state index is 0.281. The second kappa shape index (κ2) is 6.23. The van der Waals surface area contributed by atoms with Gasteiger partial charge in [0.2, 0.25) is 0 Å². The van der Waals surface area contributed by atoms with Crippen LogP contribution in [-0.4, -0.2) is 15.9 Å². The van der Waals surface area contributed by atoms with Gasteiger partial charge in [0.25, 0.3) is 5.91 Å². The third-order valence-electron chi connectivity index (χ3n) is 3.84. The number of carbonyl (C=O) groups is 1. The molecule has 0 spiro atoms. The number of nitriles is 1. The van der Waals surface area contributed by atoms with Gasteiger partial charge in [0.05, 0.1) is 17.3 Å². The van der Waals surface area contributed by atoms with Gasteiger partial charge >= 0.3 is 0 Å². The number of H-pyrrole nitrogens is 1. The predicted molar refractivity (Wildman–Crippen MR) is 98.5 cm³/mol. The fraction of sp³-hybridized carbons (Fsp3) is 0. The van der Waals surface area contributed by atoms with Gasteiger partial charge in [-0.25, -0.2) is 4.98 Å². The quantitative estimate of drug-likeness (QED) is 0.577. The Morgan fingerprint density at radius 2 is 2.08 bits per heavy atom. The van der Waals surface area contributed by atoms with Gasteiger partial charge < -0.3 is 4.98 Å². The maximum Gasteiger partial charge on any atom is 0.257 e. The number of amides is 1. The summed E-state index contributed by atoms with van der Waals surface area (Å²) in [5, 5.41) is 15.2. The molecule has 0 saturated carbocycles. The minimum atomic E-state index is -0.281. The zero-order valence-electron chi connectivity index (χ0n) is 13.0. The Bertz CT molecular complexity index is 1120. The Hall–Kier alpha value is -3.43. The molecule has 0 radical (unpaired) electrons. The molecule has 25 heavy (non-hydrogen) atoms. The lowest BCUT2D eigenvalue weighted by molar-refractivity contribution is 0.102. The Balaban J connectivity index is 1.59. The number of hydrogen-bond acceptors (Lipinski definition) is 4. The van der Waals surface area contributed by atoms with Crippen molar-refractivity contribution in [3.63, 3.8) is 0 Å². The number of carbonyl (C=O) groups excluding carboxylic acids is 1. The van der Waals surface area contributed by atoms with Crippen LogP contribution in [0.1, 0.15) is 15.9 Å². The number of aromatic nitrogens is 2. The summed E-state index contributed by atoms with van der Waals surface area (Å²) in [5.41, 5.74) is 3.74. The standard InChI is InChI=1S/C19H12N4OS/c20-9-12-4-3-5-13(8-12)18(24)23-19-22-17(11-25-19)15-10-21-16-7-2-1-6-14(15)16/h1-8,10-11,21H,(H,22,23,24). The van der Waals surface area contributed by atoms with Crippen molar-refractivity contribution in [3.05, 3.63) is 71.2 Å². The van der Waals surface area contributed by atoms with Gasteiger partial charge in [-0.2, -0.15) is 5.26 Å². The van der Waals surface area contributed by atoms with Crippen LogP contribution in [0.4, 0.5) is 5.13 Å². The zero-order chi connectivity index (χ0) is 17.2. The molecule has 0 aliphatic heterocycles. The SMILES string of the molecule is N#Cc1cccc(C(=O)Nc2nc(-c3c[nH]c4ccccc34)cs2)c1. The summed E-state index contributed by atoms with van der Waals surface area (Å²) < 4.78 is 0. The highest BCUT2D eigenvalue weighted by Crippen LogP contribution is 2.31. The lowest BCUT2D eigenvalue weighted by atomic mass is 10.1. The van der Waals surface area contributed by atoms with Crippen molar-refractivity contribution in [2.75, 3.05) is 5.32 Å². The highest BCUT2D eigenvalue weighted by Gasteiger charge is 2.12. The Morgan fingerprint density at radius 1 is 1.20 bits per heavy atom. The van der Waals surface area contributed by atoms with E-state index in [0.717, 1.165) is 22.2 Å². The second-order valence-electron chi connectivity index (χ2n) is 5.43. The van der Waals surface area contributed by atoms with Crippen molar-refractivity contribution < 1.29 is 4.79 Å². The number of anilines is 1. The molecule has 0 unspecified atom stereocenters. The van der Waals surface area contributed by atoms with Crippen LogP contribution in [0.3, 0.4) is 0 Å². The van der Waals surface area contributed by atoms with E-state index in [-0.39, 0.29) is 5.91 Å². The number of rotatable bonds is 3. The Labute approximate surface area is 147 Å². The van der Waals surface area contributed by atoms with Crippen LogP contribution < -0.4 is 5.32 Å². The summed E-state index contributed by atoms with van der Waals surface area (Å²) in [7, 11) is 0. The molecule has 0 aliphatic rings. The Kier molecular flexibility index (Phi) is 3.77. The molecule has 2 aromatic carbocycles. The normalized spacial score (nSPS) is 10.5. The van der Waals surface area contributed by atoms with Crippen molar-refractivity contribution in [2.24, 2.45) is 0 Å². The van der Waals surface area contributed by atoms with Gasteiger partial charge in [-0.1, -0.05) is 24.3 Å². The maximum atomic E-state index is 12.3. The first-order valence-electron chi connectivity index (χ1n) is 7.58. The Morgan fingerprint density at radius 3 is 2.96 bits per heavy atom. The van der Waals surface area contributed by atoms with Crippen LogP contribution in [0.5, 0.6) is 0 Å². The van der Waals surface area contributed by atoms with E-state index < -0.39 is 0 Å². The molecule has 2 heterocycles. The molecule has 5 nitrogen and oxygen atoms in total. The number of fused-ring (bicyclic) bond motifs is 1. The van der Waals surface area contributed by atoms with Crippen molar-refractivity contribution in [2.45, 2.75) is 0 Å². The largest absolute Gasteiger partial charge is 0.360 e. The molecular formula is C19H12N4OS. The highest BCUT2D eigenvalue weighted by molar-refractivity contribution is 7.14. The third kappa shape index (κ3) is 2.89. The number of hydrogen-bond donors (Lipinski definition) is 2. The molecule has 0 fully saturated rings. The number of para-hydroxylation sites is 1. The fourth-order valence-corrected chi connectivity index (χ4v) is 3.34. The molecule has 2 aromatic heterocycles. The molecule has 2 N–H and O–H groups in total. The fourth-order valence-electron chi connectivity index (χ4n) is 2.64. The lowest BCUT2D eigenvalue weighted by Gasteiger charge is -2.01. The molecule has 0 atom stereocenters. The van der Waals surface area contributed by atoms with Crippen LogP contribution in [0, 0.1) is 11.3 Å². The van der Waals surface area contributed by atoms with Gasteiger partial charge in [-0.3, -0.25) is 10.1 Å². The van der Waals surface area contributed by atoms with Crippen molar-refractivity contribution >= 4 is 33.3 Å². The van der Waals surface area contributed by atoms with Gasteiger partial charge in [-0.05, 0) is 24.3 Å². The topological polar surface area (TPSA) is 81.6 Å². The summed E-state index contributed by atoms with van der Waals surface area (Å²) in [4.78, 5) is 20.1. The molecule has 0 saturated heterocycles. The molecule has 120 valence electrons. The average molecular weight is 344 g/mol. The average Bonchev–Trinajstić information content (AvgIpc) is 3.28. The van der Waals surface area contributed by atoms with Crippen LogP contribution in [0.25, 0.3) is 22.2 Å². The van der Waals surface area contributed by atoms with E-state index >= 15 is 0 Å². The van der Waals surface area contributed by atoms with E-state index in [2.05, 4.69) is 15.3 Å². The van der Waals surface area contributed by atoms with E-state index in [4.69, 9.17) is 5.26 Å². The lowest BCUT2D eigenvalue weighted by Crippen LogP contribution is -2.11. The van der Waals surface area contributed by atoms with E-state index in [1.54, 1.807) is 24.3 Å². The molecule has 4 aromatic rings. The first kappa shape index (κ1) is 15.1. The van der Waals surface area contributed by atoms with Gasteiger partial charge in [-0.15, -0.1) is 11.3 Å². The maximum absolute atomic E-state index is 12.3. The predicted octanol–water partition coefficient (Wildman–Crippen LogP) is 4.42. The number of thiazole rings is 1. The highest BCUT2D eigenvalue weighted by atomic mass is 32.1. The minimum Gasteiger partial charge on any atom is -0.360 e. The molecule has 0 bridgehead atoms. The summed E-state index contributed by atoms with van der Waals surface area (Å²) in [5.74, 6) is -0.281. The molecule has 6 heteroatoms. The summed E-state index contributed by atoms with van der Waals surface area (Å²) >= 11 is 1.37. The first-order chi connectivity index (χ1) is 12.2. The molecule has 0 aliphatic carbocycles. The third-order valence-corrected chi connectivity index (χ3v) is 4.60. The van der Waals surface area contributed by atoms with E-state index in [9.17, 15) is 4.79 Å². The number of benzene rings is 2. The van der Waals surface area contributed by atoms with E-state index in [1.807, 2.05) is 41.9 Å². The zero-order valence-corrected chi connectivity index (χ0v) is 13.8. The van der Waals surface area contributed by atoms with Crippen molar-refractivity contribution in [1.29, 1.82) is 5.26 Å². The van der Waals surface area contributed by atoms with Crippen LogP contribution in [-0.2, 0) is 0 Å². The molecule has 4 rings (SSSR count). The summed E-state index contributed by atoms with van der Waals surface area (Å²) in [6.07, 6.45) is 1.92. The number of nitrogens with one attached hydrogen (secondary N) is 2.